The number of carbonyl (C=O) groups is 1. The summed E-state index contributed by atoms with van der Waals surface area (Å²) >= 11 is 0. The molecule has 0 spiro atoms. The summed E-state index contributed by atoms with van der Waals surface area (Å²) in [4.78, 5) is 26.1. The van der Waals surface area contributed by atoms with Crippen LogP contribution < -0.4 is 11.0 Å². The number of likely N-dealkylation sites (N-methyl/N-ethyl adjacent to an activating group) is 1. The van der Waals surface area contributed by atoms with Crippen molar-refractivity contribution in [1.82, 2.24) is 24.4 Å². The zero-order chi connectivity index (χ0) is 14.8. The zero-order valence-electron chi connectivity index (χ0n) is 12.4. The van der Waals surface area contributed by atoms with Crippen molar-refractivity contribution in [3.8, 4) is 0 Å². The van der Waals surface area contributed by atoms with E-state index in [-0.39, 0.29) is 36.5 Å². The van der Waals surface area contributed by atoms with Crippen LogP contribution in [0.2, 0.25) is 0 Å². The molecular formula is C14H20ClN5O2. The Morgan fingerprint density at radius 2 is 2.32 bits per heavy atom. The Morgan fingerprint density at radius 1 is 1.50 bits per heavy atom. The first-order valence-electron chi connectivity index (χ1n) is 7.17. The van der Waals surface area contributed by atoms with Gasteiger partial charge in [0.2, 0.25) is 5.91 Å². The van der Waals surface area contributed by atoms with Gasteiger partial charge in [0.25, 0.3) is 0 Å². The molecule has 3 rings (SSSR count). The Kier molecular flexibility index (Phi) is 5.20. The first-order valence-corrected chi connectivity index (χ1v) is 7.17. The molecule has 7 nitrogen and oxygen atoms in total. The van der Waals surface area contributed by atoms with Crippen molar-refractivity contribution in [2.75, 3.05) is 20.1 Å². The standard InChI is InChI=1S/C14H19N5O2.ClH/c1-17(11-5-7-15-10-11)13(20)6-9-19-14(21)18-8-3-2-4-12(18)16-19;/h2-4,8,11,15H,5-7,9-10H2,1H3;1H. The molecule has 2 aromatic rings. The number of fused-ring (bicyclic) bond motifs is 1. The van der Waals surface area contributed by atoms with Gasteiger partial charge in [0.05, 0.1) is 6.54 Å². The summed E-state index contributed by atoms with van der Waals surface area (Å²) in [5.74, 6) is 0.0488. The number of hydrogen-bond donors (Lipinski definition) is 1. The van der Waals surface area contributed by atoms with E-state index in [2.05, 4.69) is 10.4 Å². The monoisotopic (exact) mass is 325 g/mol. The van der Waals surface area contributed by atoms with Crippen molar-refractivity contribution in [2.45, 2.75) is 25.4 Å². The van der Waals surface area contributed by atoms with Crippen LogP contribution in [0.4, 0.5) is 0 Å². The van der Waals surface area contributed by atoms with Gasteiger partial charge < -0.3 is 10.2 Å². The van der Waals surface area contributed by atoms with Gasteiger partial charge in [-0.2, -0.15) is 0 Å². The Labute approximate surface area is 134 Å². The van der Waals surface area contributed by atoms with Crippen molar-refractivity contribution in [3.63, 3.8) is 0 Å². The van der Waals surface area contributed by atoms with Gasteiger partial charge in [-0.15, -0.1) is 17.5 Å². The quantitative estimate of drug-likeness (QED) is 0.867. The van der Waals surface area contributed by atoms with Gasteiger partial charge in [0.15, 0.2) is 5.65 Å². The van der Waals surface area contributed by atoms with Crippen molar-refractivity contribution in [2.24, 2.45) is 0 Å². The number of hydrogen-bond acceptors (Lipinski definition) is 4. The van der Waals surface area contributed by atoms with E-state index in [0.29, 0.717) is 12.2 Å². The van der Waals surface area contributed by atoms with E-state index in [0.717, 1.165) is 19.5 Å². The van der Waals surface area contributed by atoms with Crippen LogP contribution in [0.1, 0.15) is 12.8 Å². The third-order valence-electron chi connectivity index (χ3n) is 4.00. The van der Waals surface area contributed by atoms with Crippen LogP contribution in [0.15, 0.2) is 29.2 Å². The number of carbonyl (C=O) groups excluding carboxylic acids is 1. The van der Waals surface area contributed by atoms with Gasteiger partial charge in [0, 0.05) is 32.3 Å². The Morgan fingerprint density at radius 3 is 3.00 bits per heavy atom. The Bertz CT molecular complexity index is 705. The number of nitrogens with one attached hydrogen (secondary N) is 1. The van der Waals surface area contributed by atoms with Crippen LogP contribution >= 0.6 is 12.4 Å². The lowest BCUT2D eigenvalue weighted by molar-refractivity contribution is -0.131. The summed E-state index contributed by atoms with van der Waals surface area (Å²) in [6.45, 7) is 2.11. The Balaban J connectivity index is 0.00000176. The normalized spacial score (nSPS) is 17.4. The summed E-state index contributed by atoms with van der Waals surface area (Å²) in [5.41, 5.74) is 0.395. The second kappa shape index (κ2) is 6.93. The van der Waals surface area contributed by atoms with Crippen LogP contribution in [-0.2, 0) is 11.3 Å². The zero-order valence-corrected chi connectivity index (χ0v) is 13.3. The molecule has 0 bridgehead atoms. The molecule has 1 fully saturated rings. The van der Waals surface area contributed by atoms with E-state index in [1.54, 1.807) is 23.2 Å². The summed E-state index contributed by atoms with van der Waals surface area (Å²) in [5, 5.41) is 7.47. The lowest BCUT2D eigenvalue weighted by Gasteiger charge is -2.23. The van der Waals surface area contributed by atoms with Gasteiger partial charge in [-0.3, -0.25) is 9.20 Å². The molecule has 1 aliphatic rings. The average Bonchev–Trinajstić information content (AvgIpc) is 3.13. The minimum absolute atomic E-state index is 0. The highest BCUT2D eigenvalue weighted by molar-refractivity contribution is 5.85. The van der Waals surface area contributed by atoms with E-state index in [4.69, 9.17) is 0 Å². The minimum Gasteiger partial charge on any atom is -0.341 e. The van der Waals surface area contributed by atoms with E-state index in [1.807, 2.05) is 13.1 Å². The molecule has 1 aliphatic heterocycles. The van der Waals surface area contributed by atoms with Crippen molar-refractivity contribution in [1.29, 1.82) is 0 Å². The summed E-state index contributed by atoms with van der Waals surface area (Å²) < 4.78 is 2.84. The Hall–Kier alpha value is -1.86. The maximum Gasteiger partial charge on any atom is 0.350 e. The molecule has 8 heteroatoms. The van der Waals surface area contributed by atoms with Gasteiger partial charge >= 0.3 is 5.69 Å². The maximum absolute atomic E-state index is 12.2. The van der Waals surface area contributed by atoms with Crippen LogP contribution in [0.5, 0.6) is 0 Å². The molecule has 1 unspecified atom stereocenters. The second-order valence-electron chi connectivity index (χ2n) is 5.34. The predicted molar refractivity (Wildman–Crippen MR) is 85.4 cm³/mol. The van der Waals surface area contributed by atoms with Crippen molar-refractivity contribution in [3.05, 3.63) is 34.9 Å². The molecule has 22 heavy (non-hydrogen) atoms. The number of halogens is 1. The third-order valence-corrected chi connectivity index (χ3v) is 4.00. The number of pyridine rings is 1. The summed E-state index contributed by atoms with van der Waals surface area (Å²) in [7, 11) is 1.83. The molecular weight excluding hydrogens is 306 g/mol. The fourth-order valence-electron chi connectivity index (χ4n) is 2.67. The first kappa shape index (κ1) is 16.5. The van der Waals surface area contributed by atoms with Crippen molar-refractivity contribution < 1.29 is 4.79 Å². The SMILES string of the molecule is CN(C(=O)CCn1nc2ccccn2c1=O)C1CCNC1.Cl. The predicted octanol–water partition coefficient (Wildman–Crippen LogP) is 0.128. The van der Waals surface area contributed by atoms with E-state index in [9.17, 15) is 9.59 Å². The fourth-order valence-corrected chi connectivity index (χ4v) is 2.67. The van der Waals surface area contributed by atoms with E-state index < -0.39 is 0 Å². The molecule has 0 aromatic carbocycles. The van der Waals surface area contributed by atoms with Crippen molar-refractivity contribution >= 4 is 24.0 Å². The summed E-state index contributed by atoms with van der Waals surface area (Å²) in [6.07, 6.45) is 2.95. The largest absolute Gasteiger partial charge is 0.350 e. The lowest BCUT2D eigenvalue weighted by atomic mass is 10.2. The molecule has 3 heterocycles. The van der Waals surface area contributed by atoms with Gasteiger partial charge in [-0.25, -0.2) is 9.48 Å². The molecule has 1 N–H and O–H groups in total. The van der Waals surface area contributed by atoms with Crippen LogP contribution in [0.25, 0.3) is 5.65 Å². The highest BCUT2D eigenvalue weighted by Crippen LogP contribution is 2.08. The number of aryl methyl sites for hydroxylation is 1. The molecule has 1 amide bonds. The molecule has 2 aromatic heterocycles. The number of aromatic nitrogens is 3. The molecule has 0 radical (unpaired) electrons. The maximum atomic E-state index is 12.2. The van der Waals surface area contributed by atoms with E-state index >= 15 is 0 Å². The highest BCUT2D eigenvalue weighted by atomic mass is 35.5. The summed E-state index contributed by atoms with van der Waals surface area (Å²) in [6, 6.07) is 5.65. The van der Waals surface area contributed by atoms with Crippen LogP contribution in [-0.4, -0.2) is 51.2 Å². The average molecular weight is 326 g/mol. The molecule has 0 aliphatic carbocycles. The van der Waals surface area contributed by atoms with E-state index in [1.165, 1.54) is 9.08 Å². The fraction of sp³-hybridized carbons (Fsp3) is 0.500. The van der Waals surface area contributed by atoms with Gasteiger partial charge in [-0.05, 0) is 25.1 Å². The lowest BCUT2D eigenvalue weighted by Crippen LogP contribution is -2.39. The number of nitrogens with zero attached hydrogens (tertiary/aromatic N) is 4. The molecule has 120 valence electrons. The van der Waals surface area contributed by atoms with Gasteiger partial charge in [0.1, 0.15) is 0 Å². The molecule has 0 saturated carbocycles. The highest BCUT2D eigenvalue weighted by Gasteiger charge is 2.23. The molecule has 1 saturated heterocycles. The van der Waals surface area contributed by atoms with Crippen LogP contribution in [0.3, 0.4) is 0 Å². The minimum atomic E-state index is -0.205. The number of amides is 1. The topological polar surface area (TPSA) is 71.6 Å². The first-order chi connectivity index (χ1) is 10.2. The van der Waals surface area contributed by atoms with Crippen LogP contribution in [0, 0.1) is 0 Å². The third kappa shape index (κ3) is 3.15. The second-order valence-corrected chi connectivity index (χ2v) is 5.34. The van der Waals surface area contributed by atoms with Gasteiger partial charge in [-0.1, -0.05) is 6.07 Å². The smallest absolute Gasteiger partial charge is 0.341 e. The number of rotatable bonds is 4. The molecule has 1 atom stereocenters.